The fraction of sp³-hybridized carbons (Fsp3) is 0. The van der Waals surface area contributed by atoms with Gasteiger partial charge >= 0.3 is 0 Å². The highest BCUT2D eigenvalue weighted by molar-refractivity contribution is 6.23. The monoisotopic (exact) mass is 890 g/mol. The Hall–Kier alpha value is -9.45. The first-order valence-electron chi connectivity index (χ1n) is 23.7. The molecule has 0 unspecified atom stereocenters. The molecule has 12 aromatic carbocycles. The third-order valence-electron chi connectivity index (χ3n) is 14.3. The van der Waals surface area contributed by atoms with Crippen molar-refractivity contribution in [2.24, 2.45) is 0 Å². The largest absolute Gasteiger partial charge is 0.455 e. The molecule has 15 rings (SSSR count). The van der Waals surface area contributed by atoms with E-state index in [4.69, 9.17) is 19.4 Å². The van der Waals surface area contributed by atoms with Crippen molar-refractivity contribution >= 4 is 97.6 Å². The highest BCUT2D eigenvalue weighted by Crippen LogP contribution is 2.43. The van der Waals surface area contributed by atoms with E-state index in [1.165, 1.54) is 59.5 Å². The van der Waals surface area contributed by atoms with Crippen molar-refractivity contribution in [3.63, 3.8) is 0 Å². The van der Waals surface area contributed by atoms with Crippen molar-refractivity contribution in [3.8, 4) is 51.0 Å². The molecule has 5 nitrogen and oxygen atoms in total. The van der Waals surface area contributed by atoms with Crippen molar-refractivity contribution in [1.82, 2.24) is 19.5 Å². The van der Waals surface area contributed by atoms with E-state index < -0.39 is 0 Å². The zero-order chi connectivity index (χ0) is 45.9. The number of furan rings is 1. The van der Waals surface area contributed by atoms with E-state index in [1.54, 1.807) is 0 Å². The van der Waals surface area contributed by atoms with Crippen LogP contribution < -0.4 is 0 Å². The quantitative estimate of drug-likeness (QED) is 0.162. The van der Waals surface area contributed by atoms with Gasteiger partial charge in [-0.3, -0.25) is 0 Å². The third kappa shape index (κ3) is 5.95. The lowest BCUT2D eigenvalue weighted by Gasteiger charge is -2.12. The van der Waals surface area contributed by atoms with Crippen molar-refractivity contribution in [2.75, 3.05) is 0 Å². The highest BCUT2D eigenvalue weighted by Gasteiger charge is 2.21. The first-order chi connectivity index (χ1) is 34.7. The lowest BCUT2D eigenvalue weighted by Crippen LogP contribution is -2.00. The van der Waals surface area contributed by atoms with E-state index >= 15 is 0 Å². The summed E-state index contributed by atoms with van der Waals surface area (Å²) < 4.78 is 9.44. The molecule has 15 aromatic rings. The van der Waals surface area contributed by atoms with Gasteiger partial charge in [-0.1, -0.05) is 182 Å². The molecule has 0 aliphatic heterocycles. The van der Waals surface area contributed by atoms with E-state index in [2.05, 4.69) is 229 Å². The van der Waals surface area contributed by atoms with Gasteiger partial charge in [0.25, 0.3) is 0 Å². The minimum atomic E-state index is 0.544. The normalized spacial score (nSPS) is 12.0. The molecule has 0 aliphatic rings. The van der Waals surface area contributed by atoms with Crippen LogP contribution in [0.2, 0.25) is 0 Å². The molecular weight excluding hydrogens is 853 g/mol. The average molecular weight is 891 g/mol. The van der Waals surface area contributed by atoms with E-state index in [-0.39, 0.29) is 0 Å². The van der Waals surface area contributed by atoms with Crippen molar-refractivity contribution in [2.45, 2.75) is 0 Å². The molecule has 0 saturated carbocycles. The molecular formula is C65H38N4O. The van der Waals surface area contributed by atoms with E-state index in [0.29, 0.717) is 17.5 Å². The number of hydrogen-bond acceptors (Lipinski definition) is 4. The second-order valence-electron chi connectivity index (χ2n) is 18.3. The van der Waals surface area contributed by atoms with Gasteiger partial charge in [-0.2, -0.15) is 0 Å². The van der Waals surface area contributed by atoms with Crippen LogP contribution >= 0.6 is 0 Å². The fourth-order valence-electron chi connectivity index (χ4n) is 11.0. The van der Waals surface area contributed by atoms with Crippen LogP contribution in [0.25, 0.3) is 149 Å². The van der Waals surface area contributed by atoms with Crippen LogP contribution in [0.5, 0.6) is 0 Å². The molecule has 0 bridgehead atoms. The lowest BCUT2D eigenvalue weighted by atomic mass is 10.00. The number of fused-ring (bicyclic) bond motifs is 14. The Bertz CT molecular complexity index is 4660. The van der Waals surface area contributed by atoms with Gasteiger partial charge in [0.1, 0.15) is 11.2 Å². The van der Waals surface area contributed by atoms with Crippen LogP contribution in [0, 0.1) is 0 Å². The molecule has 5 heteroatoms. The summed E-state index contributed by atoms with van der Waals surface area (Å²) in [7, 11) is 0. The third-order valence-corrected chi connectivity index (χ3v) is 14.3. The van der Waals surface area contributed by atoms with Crippen molar-refractivity contribution < 1.29 is 4.42 Å². The summed E-state index contributed by atoms with van der Waals surface area (Å²) in [5, 5.41) is 16.4. The molecule has 0 amide bonds. The fourth-order valence-corrected chi connectivity index (χ4v) is 11.0. The van der Waals surface area contributed by atoms with Gasteiger partial charge in [0.05, 0.1) is 16.6 Å². The average Bonchev–Trinajstić information content (AvgIpc) is 3.98. The summed E-state index contributed by atoms with van der Waals surface area (Å²) in [6.45, 7) is 0. The van der Waals surface area contributed by atoms with Gasteiger partial charge < -0.3 is 8.98 Å². The van der Waals surface area contributed by atoms with E-state index in [9.17, 15) is 0 Å². The highest BCUT2D eigenvalue weighted by atomic mass is 16.3. The van der Waals surface area contributed by atoms with Crippen LogP contribution in [0.4, 0.5) is 0 Å². The predicted octanol–water partition coefficient (Wildman–Crippen LogP) is 17.3. The van der Waals surface area contributed by atoms with Crippen molar-refractivity contribution in [1.29, 1.82) is 0 Å². The summed E-state index contributed by atoms with van der Waals surface area (Å²) in [6.07, 6.45) is 0. The Balaban J connectivity index is 0.947. The van der Waals surface area contributed by atoms with Gasteiger partial charge in [-0.15, -0.1) is 0 Å². The number of benzene rings is 12. The van der Waals surface area contributed by atoms with Crippen LogP contribution in [0.15, 0.2) is 235 Å². The second kappa shape index (κ2) is 15.0. The summed E-state index contributed by atoms with van der Waals surface area (Å²) in [4.78, 5) is 15.8. The Labute approximate surface area is 401 Å². The number of nitrogens with zero attached hydrogens (tertiary/aromatic N) is 4. The van der Waals surface area contributed by atoms with E-state index in [1.807, 2.05) is 6.07 Å². The molecule has 0 aliphatic carbocycles. The maximum atomic E-state index is 6.98. The maximum absolute atomic E-state index is 6.98. The number of rotatable bonds is 5. The van der Waals surface area contributed by atoms with Crippen LogP contribution in [-0.2, 0) is 0 Å². The van der Waals surface area contributed by atoms with Gasteiger partial charge in [-0.25, -0.2) is 15.0 Å². The van der Waals surface area contributed by atoms with Gasteiger partial charge in [0, 0.05) is 43.7 Å². The molecule has 0 atom stereocenters. The van der Waals surface area contributed by atoms with Crippen LogP contribution in [0.1, 0.15) is 0 Å². The molecule has 0 spiro atoms. The van der Waals surface area contributed by atoms with Gasteiger partial charge in [0.2, 0.25) is 0 Å². The second-order valence-corrected chi connectivity index (χ2v) is 18.3. The minimum Gasteiger partial charge on any atom is -0.455 e. The topological polar surface area (TPSA) is 56.7 Å². The molecule has 0 radical (unpaired) electrons. The van der Waals surface area contributed by atoms with Gasteiger partial charge in [0.15, 0.2) is 17.5 Å². The minimum absolute atomic E-state index is 0.544. The molecule has 3 aromatic heterocycles. The Morgan fingerprint density at radius 3 is 1.76 bits per heavy atom. The smallest absolute Gasteiger partial charge is 0.167 e. The molecule has 0 saturated heterocycles. The van der Waals surface area contributed by atoms with Crippen LogP contribution in [-0.4, -0.2) is 19.5 Å². The summed E-state index contributed by atoms with van der Waals surface area (Å²) in [5.41, 5.74) is 9.83. The molecule has 0 fully saturated rings. The maximum Gasteiger partial charge on any atom is 0.167 e. The Morgan fingerprint density at radius 2 is 0.900 bits per heavy atom. The Morgan fingerprint density at radius 1 is 0.314 bits per heavy atom. The zero-order valence-electron chi connectivity index (χ0n) is 37.6. The molecule has 0 N–H and O–H groups in total. The number of hydrogen-bond donors (Lipinski definition) is 0. The number of aromatic nitrogens is 4. The molecule has 3 heterocycles. The molecule has 70 heavy (non-hydrogen) atoms. The summed E-state index contributed by atoms with van der Waals surface area (Å²) in [6, 6.07) is 82.3. The lowest BCUT2D eigenvalue weighted by molar-refractivity contribution is 0.670. The summed E-state index contributed by atoms with van der Waals surface area (Å²) in [5.74, 6) is 1.73. The standard InChI is InChI=1S/C65H38N4O/c1-2-12-39(13-3-1)43-18-10-19-47(34-43)63-66-64(48-28-31-51-46(35-48)25-24-40-14-6-8-20-50(40)51)68-65(67-63)55-23-11-22-54-60-56-38-49(30-26-42(56)29-33-59(60)70-62(54)55)69-58-37-45-17-5-4-16-44(45)36-57(58)53-32-27-41-15-7-9-21-52(41)61(53)69/h1-38H. The first kappa shape index (κ1) is 38.6. The zero-order valence-corrected chi connectivity index (χ0v) is 37.6. The number of para-hydroxylation sites is 1. The van der Waals surface area contributed by atoms with E-state index in [0.717, 1.165) is 71.6 Å². The van der Waals surface area contributed by atoms with Crippen LogP contribution in [0.3, 0.4) is 0 Å². The predicted molar refractivity (Wildman–Crippen MR) is 291 cm³/mol. The first-order valence-corrected chi connectivity index (χ1v) is 23.7. The summed E-state index contributed by atoms with van der Waals surface area (Å²) >= 11 is 0. The van der Waals surface area contributed by atoms with Crippen molar-refractivity contribution in [3.05, 3.63) is 231 Å². The molecule has 324 valence electrons. The Kier molecular flexibility index (Phi) is 8.29. The van der Waals surface area contributed by atoms with Gasteiger partial charge in [-0.05, 0) is 108 Å². The SMILES string of the molecule is c1ccc(-c2cccc(-c3nc(-c4ccc5c(ccc6ccccc65)c4)nc(-c4cccc5c4oc4ccc6ccc(-n7c8cc9ccccc9cc8c8ccc9ccccc9c87)cc6c45)n3)c2)cc1.